The van der Waals surface area contributed by atoms with Gasteiger partial charge in [0.2, 0.25) is 10.0 Å². The molecule has 0 bridgehead atoms. The van der Waals surface area contributed by atoms with Gasteiger partial charge in [0, 0.05) is 25.8 Å². The molecule has 2 aromatic heterocycles. The number of imidazole rings is 1. The lowest BCUT2D eigenvalue weighted by Crippen LogP contribution is -2.62. The number of hydrogen-bond acceptors (Lipinski definition) is 9. The topological polar surface area (TPSA) is 110 Å². The van der Waals surface area contributed by atoms with Crippen LogP contribution >= 0.6 is 11.8 Å². The molecule has 2 aliphatic heterocycles. The van der Waals surface area contributed by atoms with Gasteiger partial charge in [0.15, 0.2) is 6.04 Å². The Labute approximate surface area is 256 Å². The molecule has 4 heterocycles. The third-order valence-corrected chi connectivity index (χ3v) is 12.1. The predicted molar refractivity (Wildman–Crippen MR) is 157 cm³/mol. The molecule has 4 atom stereocenters. The van der Waals surface area contributed by atoms with Crippen LogP contribution in [0.25, 0.3) is 0 Å². The molecule has 0 aliphatic carbocycles. The first-order valence-corrected chi connectivity index (χ1v) is 16.5. The van der Waals surface area contributed by atoms with Crippen LogP contribution in [0.1, 0.15) is 49.2 Å². The van der Waals surface area contributed by atoms with Crippen LogP contribution in [0.15, 0.2) is 55.1 Å². The molecule has 1 aromatic carbocycles. The zero-order valence-electron chi connectivity index (χ0n) is 23.9. The summed E-state index contributed by atoms with van der Waals surface area (Å²) in [5, 5.41) is 2.87. The zero-order valence-corrected chi connectivity index (χ0v) is 25.6. The van der Waals surface area contributed by atoms with Gasteiger partial charge in [-0.1, -0.05) is 19.1 Å². The van der Waals surface area contributed by atoms with E-state index in [1.807, 2.05) is 16.4 Å². The number of halogens is 4. The van der Waals surface area contributed by atoms with E-state index >= 15 is 0 Å². The number of carbonyl (C=O) groups excluding carboxylic acids is 1. The van der Waals surface area contributed by atoms with Gasteiger partial charge in [0.05, 0.1) is 41.7 Å². The van der Waals surface area contributed by atoms with Gasteiger partial charge in [0.1, 0.15) is 22.8 Å². The fourth-order valence-electron chi connectivity index (χ4n) is 5.45. The van der Waals surface area contributed by atoms with Gasteiger partial charge in [-0.3, -0.25) is 4.90 Å². The summed E-state index contributed by atoms with van der Waals surface area (Å²) in [7, 11) is -3.78. The van der Waals surface area contributed by atoms with E-state index in [4.69, 9.17) is 4.74 Å². The Kier molecular flexibility index (Phi) is 9.53. The van der Waals surface area contributed by atoms with Crippen molar-refractivity contribution in [2.24, 2.45) is 0 Å². The number of nitrogens with one attached hydrogen (secondary N) is 1. The minimum absolute atomic E-state index is 0.0358. The quantitative estimate of drug-likeness (QED) is 0.192. The van der Waals surface area contributed by atoms with Crippen molar-refractivity contribution in [3.05, 3.63) is 77.8 Å². The number of sulfonamides is 1. The Morgan fingerprint density at radius 1 is 1.14 bits per heavy atom. The number of esters is 1. The number of benzene rings is 1. The number of fused-ring (bicyclic) bond motifs is 1. The highest BCUT2D eigenvalue weighted by Gasteiger charge is 2.46. The maximum absolute atomic E-state index is 13.7. The Bertz CT molecular complexity index is 1550. The molecule has 2 fully saturated rings. The number of ether oxygens (including phenoxy) is 1. The average Bonchev–Trinajstić information content (AvgIpc) is 3.48. The van der Waals surface area contributed by atoms with Crippen molar-refractivity contribution in [2.75, 3.05) is 37.4 Å². The Morgan fingerprint density at radius 3 is 2.55 bits per heavy atom. The summed E-state index contributed by atoms with van der Waals surface area (Å²) in [5.41, 5.74) is 0.554. The van der Waals surface area contributed by atoms with Crippen molar-refractivity contribution in [3.8, 4) is 0 Å². The SMILES string of the molecule is CCC(SCNc1ccc(C(F)(F)F)cn1)S(=O)(=O)N1CCN2C(COC(=O)C2c2cncn2[C@H](C)c2ccc(F)cc2)C1. The second kappa shape index (κ2) is 13.0. The fraction of sp³-hybridized carbons (Fsp3) is 0.464. The minimum Gasteiger partial charge on any atom is -0.463 e. The highest BCUT2D eigenvalue weighted by Crippen LogP contribution is 2.35. The molecule has 0 radical (unpaired) electrons. The lowest BCUT2D eigenvalue weighted by molar-refractivity contribution is -0.166. The second-order valence-electron chi connectivity index (χ2n) is 10.5. The van der Waals surface area contributed by atoms with Gasteiger partial charge in [-0.15, -0.1) is 11.8 Å². The molecule has 2 aliphatic rings. The maximum Gasteiger partial charge on any atom is 0.417 e. The highest BCUT2D eigenvalue weighted by atomic mass is 32.3. The van der Waals surface area contributed by atoms with Crippen molar-refractivity contribution in [1.29, 1.82) is 0 Å². The molecule has 2 saturated heterocycles. The van der Waals surface area contributed by atoms with Gasteiger partial charge < -0.3 is 14.6 Å². The number of hydrogen-bond donors (Lipinski definition) is 1. The van der Waals surface area contributed by atoms with Crippen molar-refractivity contribution in [1.82, 2.24) is 23.7 Å². The van der Waals surface area contributed by atoms with E-state index in [-0.39, 0.29) is 55.8 Å². The molecule has 0 spiro atoms. The molecule has 5 rings (SSSR count). The molecule has 10 nitrogen and oxygen atoms in total. The third kappa shape index (κ3) is 6.72. The predicted octanol–water partition coefficient (Wildman–Crippen LogP) is 4.50. The number of thioether (sulfide) groups is 1. The summed E-state index contributed by atoms with van der Waals surface area (Å²) in [6, 6.07) is 6.77. The zero-order chi connectivity index (χ0) is 31.6. The number of aromatic nitrogens is 3. The number of carbonyl (C=O) groups is 1. The van der Waals surface area contributed by atoms with Crippen LogP contribution in [0.4, 0.5) is 23.4 Å². The average molecular weight is 657 g/mol. The second-order valence-corrected chi connectivity index (χ2v) is 14.1. The van der Waals surface area contributed by atoms with Crippen molar-refractivity contribution in [3.63, 3.8) is 0 Å². The largest absolute Gasteiger partial charge is 0.463 e. The summed E-state index contributed by atoms with van der Waals surface area (Å²) in [6.45, 7) is 4.28. The lowest BCUT2D eigenvalue weighted by Gasteiger charge is -2.46. The molecule has 0 saturated carbocycles. The number of piperazine rings is 1. The van der Waals surface area contributed by atoms with Crippen LogP contribution < -0.4 is 5.32 Å². The van der Waals surface area contributed by atoms with Gasteiger partial charge in [-0.2, -0.15) is 17.5 Å². The molecular formula is C28H32F4N6O4S2. The first-order valence-electron chi connectivity index (χ1n) is 14.0. The van der Waals surface area contributed by atoms with E-state index in [9.17, 15) is 30.8 Å². The van der Waals surface area contributed by atoms with Gasteiger partial charge in [0.25, 0.3) is 0 Å². The number of rotatable bonds is 10. The number of cyclic esters (lactones) is 1. The molecule has 1 N–H and O–H groups in total. The Morgan fingerprint density at radius 2 is 1.89 bits per heavy atom. The third-order valence-electron chi connectivity index (χ3n) is 7.85. The summed E-state index contributed by atoms with van der Waals surface area (Å²) < 4.78 is 87.2. The van der Waals surface area contributed by atoms with E-state index in [0.717, 1.165) is 29.6 Å². The number of pyridine rings is 1. The molecule has 0 amide bonds. The summed E-state index contributed by atoms with van der Waals surface area (Å²) in [6.07, 6.45) is -0.261. The van der Waals surface area contributed by atoms with Crippen LogP contribution in [0.2, 0.25) is 0 Å². The lowest BCUT2D eigenvalue weighted by atomic mass is 10.0. The normalized spacial score (nSPS) is 21.4. The molecule has 44 heavy (non-hydrogen) atoms. The minimum atomic E-state index is -4.49. The van der Waals surface area contributed by atoms with Crippen molar-refractivity contribution in [2.45, 2.75) is 49.2 Å². The summed E-state index contributed by atoms with van der Waals surface area (Å²) in [4.78, 5) is 23.1. The molecule has 16 heteroatoms. The molecule has 3 unspecified atom stereocenters. The van der Waals surface area contributed by atoms with Gasteiger partial charge in [-0.25, -0.2) is 27.6 Å². The fourth-order valence-corrected chi connectivity index (χ4v) is 8.83. The van der Waals surface area contributed by atoms with Crippen LogP contribution in [-0.4, -0.2) is 80.9 Å². The summed E-state index contributed by atoms with van der Waals surface area (Å²) >= 11 is 1.12. The van der Waals surface area contributed by atoms with Crippen LogP contribution in [0.5, 0.6) is 0 Å². The van der Waals surface area contributed by atoms with Crippen molar-refractivity contribution >= 4 is 33.6 Å². The van der Waals surface area contributed by atoms with Crippen LogP contribution in [0, 0.1) is 5.82 Å². The van der Waals surface area contributed by atoms with Crippen LogP contribution in [-0.2, 0) is 25.7 Å². The first-order chi connectivity index (χ1) is 20.9. The first kappa shape index (κ1) is 32.2. The van der Waals surface area contributed by atoms with E-state index in [1.165, 1.54) is 22.5 Å². The van der Waals surface area contributed by atoms with E-state index in [1.54, 1.807) is 31.6 Å². The Hall–Kier alpha value is -3.21. The highest BCUT2D eigenvalue weighted by molar-refractivity contribution is 8.12. The maximum atomic E-state index is 13.7. The molecule has 238 valence electrons. The van der Waals surface area contributed by atoms with E-state index in [2.05, 4.69) is 15.3 Å². The smallest absolute Gasteiger partial charge is 0.417 e. The number of morpholine rings is 1. The molecular weight excluding hydrogens is 624 g/mol. The van der Waals surface area contributed by atoms with Gasteiger partial charge >= 0.3 is 12.1 Å². The molecule has 3 aromatic rings. The standard InChI is InChI=1S/C28H32F4N6O4S2/c1-3-25(43-17-35-24-9-6-20(12-34-24)28(30,31)32)44(40,41)36-10-11-37-22(14-36)15-42-27(39)26(37)23-13-33-16-38(23)18(2)19-4-7-21(29)8-5-19/h4-9,12-13,16,18,22,25-26H,3,10-11,14-15,17H2,1-2H3,(H,34,35)/t18-,22?,25?,26?/m1/s1. The van der Waals surface area contributed by atoms with E-state index < -0.39 is 38.4 Å². The van der Waals surface area contributed by atoms with E-state index in [0.29, 0.717) is 12.1 Å². The van der Waals surface area contributed by atoms with Gasteiger partial charge in [-0.05, 0) is 43.2 Å². The Balaban J connectivity index is 1.25. The number of nitrogens with zero attached hydrogens (tertiary/aromatic N) is 5. The van der Waals surface area contributed by atoms with Crippen molar-refractivity contribution < 1.29 is 35.5 Å². The van der Waals surface area contributed by atoms with Crippen LogP contribution in [0.3, 0.4) is 0 Å². The number of alkyl halides is 3. The number of anilines is 1. The monoisotopic (exact) mass is 656 g/mol. The summed E-state index contributed by atoms with van der Waals surface area (Å²) in [5.74, 6) is -0.477.